The van der Waals surface area contributed by atoms with Crippen LogP contribution >= 0.6 is 12.2 Å². The van der Waals surface area contributed by atoms with Crippen molar-refractivity contribution >= 4 is 23.4 Å². The van der Waals surface area contributed by atoms with Crippen LogP contribution in [0.15, 0.2) is 12.4 Å². The quantitative estimate of drug-likeness (QED) is 0.718. The van der Waals surface area contributed by atoms with Gasteiger partial charge in [-0.15, -0.1) is 0 Å². The molecule has 6 nitrogen and oxygen atoms in total. The lowest BCUT2D eigenvalue weighted by atomic mass is 10.4. The summed E-state index contributed by atoms with van der Waals surface area (Å²) in [5.41, 5.74) is 3.89. The fourth-order valence-corrected chi connectivity index (χ4v) is 2.48. The van der Waals surface area contributed by atoms with E-state index in [-0.39, 0.29) is 0 Å². The van der Waals surface area contributed by atoms with Gasteiger partial charge in [0.15, 0.2) is 10.4 Å². The normalized spacial score (nSPS) is 11.5. The van der Waals surface area contributed by atoms with Gasteiger partial charge in [0.25, 0.3) is 0 Å². The summed E-state index contributed by atoms with van der Waals surface area (Å²) in [5.74, 6) is 0. The topological polar surface area (TPSA) is 56.4 Å². The molecule has 0 saturated heterocycles. The number of aromatic nitrogens is 6. The van der Waals surface area contributed by atoms with Gasteiger partial charge in [0.1, 0.15) is 5.52 Å². The number of nitrogens with zero attached hydrogens (tertiary/aromatic N) is 5. The number of H-pyrrole nitrogens is 1. The highest BCUT2D eigenvalue weighted by atomic mass is 32.1. The number of fused-ring (bicyclic) bond motifs is 1. The molecule has 0 aliphatic rings. The van der Waals surface area contributed by atoms with Gasteiger partial charge < -0.3 is 4.98 Å². The number of aromatic amines is 1. The Hall–Kier alpha value is -1.89. The van der Waals surface area contributed by atoms with E-state index in [4.69, 9.17) is 12.2 Å². The van der Waals surface area contributed by atoms with E-state index in [2.05, 4.69) is 22.1 Å². The van der Waals surface area contributed by atoms with Crippen molar-refractivity contribution in [3.05, 3.63) is 22.9 Å². The molecular formula is C11H14N6S. The van der Waals surface area contributed by atoms with Gasteiger partial charge in [0.2, 0.25) is 0 Å². The minimum Gasteiger partial charge on any atom is -0.327 e. The summed E-state index contributed by atoms with van der Waals surface area (Å²) in [6, 6.07) is 0. The molecule has 0 saturated carbocycles. The summed E-state index contributed by atoms with van der Waals surface area (Å²) in [4.78, 5) is 3.22. The van der Waals surface area contributed by atoms with Crippen molar-refractivity contribution in [3.8, 4) is 5.69 Å². The van der Waals surface area contributed by atoms with Crippen LogP contribution in [-0.2, 0) is 13.6 Å². The maximum absolute atomic E-state index is 5.39. The first-order valence-corrected chi connectivity index (χ1v) is 6.19. The number of rotatable bonds is 2. The molecule has 0 aliphatic heterocycles. The van der Waals surface area contributed by atoms with Crippen LogP contribution in [0.4, 0.5) is 0 Å². The number of nitrogens with one attached hydrogen (secondary N) is 1. The van der Waals surface area contributed by atoms with Gasteiger partial charge in [-0.3, -0.25) is 9.25 Å². The zero-order valence-corrected chi connectivity index (χ0v) is 11.3. The number of imidazole rings is 1. The molecule has 3 aromatic heterocycles. The average molecular weight is 262 g/mol. The van der Waals surface area contributed by atoms with Crippen molar-refractivity contribution in [2.24, 2.45) is 7.05 Å². The maximum atomic E-state index is 5.39. The molecule has 0 fully saturated rings. The highest BCUT2D eigenvalue weighted by Crippen LogP contribution is 2.21. The fraction of sp³-hybridized carbons (Fsp3) is 0.364. The lowest BCUT2D eigenvalue weighted by molar-refractivity contribution is 0.661. The summed E-state index contributed by atoms with van der Waals surface area (Å²) in [5, 5.41) is 8.68. The third kappa shape index (κ3) is 1.43. The van der Waals surface area contributed by atoms with Crippen LogP contribution in [0.25, 0.3) is 16.9 Å². The highest BCUT2D eigenvalue weighted by molar-refractivity contribution is 7.71. The third-order valence-electron chi connectivity index (χ3n) is 3.00. The van der Waals surface area contributed by atoms with Crippen molar-refractivity contribution in [1.29, 1.82) is 0 Å². The van der Waals surface area contributed by atoms with Crippen LogP contribution in [-0.4, -0.2) is 29.1 Å². The summed E-state index contributed by atoms with van der Waals surface area (Å²) in [6.07, 6.45) is 3.73. The first kappa shape index (κ1) is 11.2. The monoisotopic (exact) mass is 262 g/mol. The standard InChI is InChI=1S/C11H14N6S/c1-4-16-10-9(7(2)14-16)13-11(18)17(10)8-5-12-15(3)6-8/h5-6H,4H2,1-3H3,(H,13,18). The van der Waals surface area contributed by atoms with E-state index >= 15 is 0 Å². The van der Waals surface area contributed by atoms with Crippen molar-refractivity contribution in [2.75, 3.05) is 0 Å². The lowest BCUT2D eigenvalue weighted by Gasteiger charge is -2.02. The van der Waals surface area contributed by atoms with Gasteiger partial charge in [-0.1, -0.05) is 0 Å². The molecule has 3 aromatic rings. The van der Waals surface area contributed by atoms with Crippen LogP contribution in [0.3, 0.4) is 0 Å². The van der Waals surface area contributed by atoms with Crippen molar-refractivity contribution in [1.82, 2.24) is 29.1 Å². The van der Waals surface area contributed by atoms with Crippen LogP contribution in [0, 0.1) is 11.7 Å². The number of aryl methyl sites for hydroxylation is 3. The Kier molecular flexibility index (Phi) is 2.37. The summed E-state index contributed by atoms with van der Waals surface area (Å²) in [7, 11) is 1.89. The molecule has 0 bridgehead atoms. The fourth-order valence-electron chi connectivity index (χ4n) is 2.19. The molecule has 0 unspecified atom stereocenters. The average Bonchev–Trinajstić information content (AvgIpc) is 2.96. The molecule has 7 heteroatoms. The largest absolute Gasteiger partial charge is 0.327 e. The van der Waals surface area contributed by atoms with Crippen molar-refractivity contribution in [2.45, 2.75) is 20.4 Å². The second-order valence-corrected chi connectivity index (χ2v) is 4.62. The number of hydrogen-bond donors (Lipinski definition) is 1. The minimum absolute atomic E-state index is 0.667. The van der Waals surface area contributed by atoms with Crippen LogP contribution in [0.1, 0.15) is 12.6 Å². The second-order valence-electron chi connectivity index (χ2n) is 4.24. The van der Waals surface area contributed by atoms with E-state index in [1.165, 1.54) is 0 Å². The molecule has 0 atom stereocenters. The predicted octanol–water partition coefficient (Wildman–Crippen LogP) is 1.95. The van der Waals surface area contributed by atoms with E-state index in [9.17, 15) is 0 Å². The second kappa shape index (κ2) is 3.81. The summed E-state index contributed by atoms with van der Waals surface area (Å²) in [6.45, 7) is 4.85. The van der Waals surface area contributed by atoms with E-state index < -0.39 is 0 Å². The zero-order chi connectivity index (χ0) is 12.9. The van der Waals surface area contributed by atoms with Gasteiger partial charge in [-0.25, -0.2) is 4.68 Å². The lowest BCUT2D eigenvalue weighted by Crippen LogP contribution is -2.03. The van der Waals surface area contributed by atoms with Gasteiger partial charge in [0.05, 0.1) is 17.6 Å². The third-order valence-corrected chi connectivity index (χ3v) is 3.28. The first-order valence-electron chi connectivity index (χ1n) is 5.79. The van der Waals surface area contributed by atoms with Gasteiger partial charge in [-0.05, 0) is 26.1 Å². The van der Waals surface area contributed by atoms with Crippen molar-refractivity contribution in [3.63, 3.8) is 0 Å². The van der Waals surface area contributed by atoms with Crippen LogP contribution in [0.5, 0.6) is 0 Å². The Balaban J connectivity index is 2.41. The molecule has 3 rings (SSSR count). The maximum Gasteiger partial charge on any atom is 0.184 e. The molecule has 3 heterocycles. The van der Waals surface area contributed by atoms with Gasteiger partial charge in [-0.2, -0.15) is 10.2 Å². The van der Waals surface area contributed by atoms with E-state index in [1.54, 1.807) is 10.9 Å². The molecule has 0 aliphatic carbocycles. The Morgan fingerprint density at radius 3 is 2.83 bits per heavy atom. The van der Waals surface area contributed by atoms with Gasteiger partial charge in [0, 0.05) is 19.8 Å². The molecule has 0 spiro atoms. The summed E-state index contributed by atoms with van der Waals surface area (Å²) < 4.78 is 6.35. The van der Waals surface area contributed by atoms with E-state index in [1.807, 2.05) is 29.4 Å². The predicted molar refractivity (Wildman–Crippen MR) is 71.4 cm³/mol. The Morgan fingerprint density at radius 2 is 2.22 bits per heavy atom. The Bertz CT molecular complexity index is 771. The number of hydrogen-bond acceptors (Lipinski definition) is 3. The molecule has 18 heavy (non-hydrogen) atoms. The van der Waals surface area contributed by atoms with Crippen LogP contribution in [0.2, 0.25) is 0 Å². The van der Waals surface area contributed by atoms with Crippen molar-refractivity contribution < 1.29 is 0 Å². The van der Waals surface area contributed by atoms with E-state index in [0.717, 1.165) is 29.1 Å². The smallest absolute Gasteiger partial charge is 0.184 e. The van der Waals surface area contributed by atoms with E-state index in [0.29, 0.717) is 4.77 Å². The summed E-state index contributed by atoms with van der Waals surface area (Å²) >= 11 is 5.39. The molecule has 0 radical (unpaired) electrons. The molecule has 0 aromatic carbocycles. The molecular weight excluding hydrogens is 248 g/mol. The Morgan fingerprint density at radius 1 is 1.44 bits per heavy atom. The first-order chi connectivity index (χ1) is 8.61. The minimum atomic E-state index is 0.667. The molecule has 94 valence electrons. The molecule has 1 N–H and O–H groups in total. The Labute approximate surface area is 109 Å². The highest BCUT2D eigenvalue weighted by Gasteiger charge is 2.15. The zero-order valence-electron chi connectivity index (χ0n) is 10.5. The van der Waals surface area contributed by atoms with Crippen LogP contribution < -0.4 is 0 Å². The van der Waals surface area contributed by atoms with Gasteiger partial charge >= 0.3 is 0 Å². The SMILES string of the molecule is CCn1nc(C)c2[nH]c(=S)n(-c3cnn(C)c3)c21. The molecule has 0 amide bonds.